The Balaban J connectivity index is 1.55. The van der Waals surface area contributed by atoms with Gasteiger partial charge in [-0.05, 0) is 20.3 Å². The zero-order chi connectivity index (χ0) is 22.5. The number of morpholine rings is 1. The number of piperidine rings is 1. The summed E-state index contributed by atoms with van der Waals surface area (Å²) in [4.78, 5) is 22.3. The molecule has 0 radical (unpaired) electrons. The van der Waals surface area contributed by atoms with Gasteiger partial charge in [0.05, 0.1) is 37.3 Å². The van der Waals surface area contributed by atoms with E-state index in [0.717, 1.165) is 17.0 Å². The van der Waals surface area contributed by atoms with Gasteiger partial charge in [0.25, 0.3) is 5.92 Å². The molecule has 2 saturated heterocycles. The Morgan fingerprint density at radius 2 is 1.88 bits per heavy atom. The predicted molar refractivity (Wildman–Crippen MR) is 115 cm³/mol. The number of halogens is 2. The van der Waals surface area contributed by atoms with Crippen LogP contribution in [0.15, 0.2) is 12.4 Å². The Kier molecular flexibility index (Phi) is 5.15. The van der Waals surface area contributed by atoms with Gasteiger partial charge in [-0.3, -0.25) is 4.68 Å². The Labute approximate surface area is 184 Å². The first-order chi connectivity index (χ1) is 15.3. The molecule has 0 bridgehead atoms. The van der Waals surface area contributed by atoms with Crippen LogP contribution < -0.4 is 9.80 Å². The summed E-state index contributed by atoms with van der Waals surface area (Å²) in [7, 11) is 1.86. The van der Waals surface area contributed by atoms with E-state index in [1.807, 2.05) is 32.0 Å². The quantitative estimate of drug-likeness (QED) is 0.610. The van der Waals surface area contributed by atoms with Crippen LogP contribution in [-0.2, 0) is 11.8 Å². The van der Waals surface area contributed by atoms with E-state index in [-0.39, 0.29) is 19.1 Å². The molecule has 32 heavy (non-hydrogen) atoms. The van der Waals surface area contributed by atoms with Gasteiger partial charge in [0, 0.05) is 38.3 Å². The first-order valence-corrected chi connectivity index (χ1v) is 10.8. The van der Waals surface area contributed by atoms with Crippen molar-refractivity contribution in [3.05, 3.63) is 29.3 Å². The zero-order valence-electron chi connectivity index (χ0n) is 18.4. The van der Waals surface area contributed by atoms with Crippen molar-refractivity contribution in [2.45, 2.75) is 38.7 Å². The number of fused-ring (bicyclic) bond motifs is 1. The summed E-state index contributed by atoms with van der Waals surface area (Å²) in [6, 6.07) is 0. The third-order valence-electron chi connectivity index (χ3n) is 6.05. The molecular weight excluding hydrogens is 418 g/mol. The lowest BCUT2D eigenvalue weighted by Gasteiger charge is -2.35. The van der Waals surface area contributed by atoms with Crippen molar-refractivity contribution in [1.82, 2.24) is 29.7 Å². The second-order valence-corrected chi connectivity index (χ2v) is 8.55. The van der Waals surface area contributed by atoms with E-state index in [4.69, 9.17) is 9.72 Å². The molecule has 2 aliphatic heterocycles. The second kappa shape index (κ2) is 7.88. The molecular formula is C21H26F2N8O. The van der Waals surface area contributed by atoms with E-state index in [9.17, 15) is 8.78 Å². The number of aromatic nitrogens is 6. The topological polar surface area (TPSA) is 85.1 Å². The molecule has 1 atom stereocenters. The third kappa shape index (κ3) is 3.96. The summed E-state index contributed by atoms with van der Waals surface area (Å²) in [6.45, 7) is 5.46. The molecule has 0 aliphatic carbocycles. The first-order valence-electron chi connectivity index (χ1n) is 10.8. The number of aryl methyl sites for hydroxylation is 3. The van der Waals surface area contributed by atoms with Crippen molar-refractivity contribution in [2.75, 3.05) is 42.6 Å². The molecule has 5 rings (SSSR count). The lowest BCUT2D eigenvalue weighted by molar-refractivity contribution is -0.0118. The lowest BCUT2D eigenvalue weighted by atomic mass is 10.1. The number of rotatable bonds is 3. The summed E-state index contributed by atoms with van der Waals surface area (Å²) < 4.78 is 36.1. The van der Waals surface area contributed by atoms with E-state index in [0.29, 0.717) is 55.6 Å². The predicted octanol–water partition coefficient (Wildman–Crippen LogP) is 2.58. The molecule has 3 aromatic heterocycles. The molecule has 0 unspecified atom stereocenters. The maximum absolute atomic E-state index is 14.2. The van der Waals surface area contributed by atoms with Gasteiger partial charge in [0.2, 0.25) is 5.95 Å². The van der Waals surface area contributed by atoms with Crippen molar-refractivity contribution in [3.8, 4) is 0 Å². The smallest absolute Gasteiger partial charge is 0.265 e. The lowest BCUT2D eigenvalue weighted by Crippen LogP contribution is -2.44. The van der Waals surface area contributed by atoms with Gasteiger partial charge in [-0.15, -0.1) is 0 Å². The van der Waals surface area contributed by atoms with Crippen molar-refractivity contribution in [1.29, 1.82) is 0 Å². The standard InChI is InChI=1S/C21H26F2N8O/c1-13-14(2)26-18-17(25-13)19(31-6-4-5-21(22,23)12-31)28-20(27-18)30-7-8-32-16(11-30)15-9-24-29(3)10-15/h9-10,16H,4-8,11-12H2,1-3H3/t16-/m1/s1. The largest absolute Gasteiger partial charge is 0.370 e. The summed E-state index contributed by atoms with van der Waals surface area (Å²) in [6.07, 6.45) is 3.82. The average Bonchev–Trinajstić information content (AvgIpc) is 3.20. The molecule has 0 spiro atoms. The van der Waals surface area contributed by atoms with Gasteiger partial charge in [0.1, 0.15) is 6.10 Å². The van der Waals surface area contributed by atoms with Crippen LogP contribution in [0.2, 0.25) is 0 Å². The molecule has 5 heterocycles. The second-order valence-electron chi connectivity index (χ2n) is 8.55. The van der Waals surface area contributed by atoms with E-state index < -0.39 is 5.92 Å². The SMILES string of the molecule is Cc1nc2nc(N3CCO[C@@H](c4cnn(C)c4)C3)nc(N3CCCC(F)(F)C3)c2nc1C. The molecule has 0 N–H and O–H groups in total. The van der Waals surface area contributed by atoms with Crippen LogP contribution in [0.3, 0.4) is 0 Å². The van der Waals surface area contributed by atoms with Crippen LogP contribution in [-0.4, -0.2) is 68.4 Å². The van der Waals surface area contributed by atoms with E-state index >= 15 is 0 Å². The fraction of sp³-hybridized carbons (Fsp3) is 0.571. The zero-order valence-corrected chi connectivity index (χ0v) is 18.4. The molecule has 2 fully saturated rings. The molecule has 0 aromatic carbocycles. The first kappa shape index (κ1) is 20.9. The molecule has 0 amide bonds. The Morgan fingerprint density at radius 3 is 2.62 bits per heavy atom. The van der Waals surface area contributed by atoms with Crippen molar-refractivity contribution in [3.63, 3.8) is 0 Å². The minimum Gasteiger partial charge on any atom is -0.370 e. The number of anilines is 2. The fourth-order valence-electron chi connectivity index (χ4n) is 4.23. The monoisotopic (exact) mass is 444 g/mol. The molecule has 0 saturated carbocycles. The summed E-state index contributed by atoms with van der Waals surface area (Å²) in [5.41, 5.74) is 3.35. The van der Waals surface area contributed by atoms with Crippen molar-refractivity contribution < 1.29 is 13.5 Å². The van der Waals surface area contributed by atoms with Crippen LogP contribution in [0.5, 0.6) is 0 Å². The number of hydrogen-bond acceptors (Lipinski definition) is 8. The Morgan fingerprint density at radius 1 is 1.06 bits per heavy atom. The van der Waals surface area contributed by atoms with E-state index in [2.05, 4.69) is 20.1 Å². The highest BCUT2D eigenvalue weighted by atomic mass is 19.3. The van der Waals surface area contributed by atoms with Crippen LogP contribution in [0.4, 0.5) is 20.5 Å². The highest BCUT2D eigenvalue weighted by molar-refractivity contribution is 5.84. The molecule has 170 valence electrons. The Bertz CT molecular complexity index is 1150. The van der Waals surface area contributed by atoms with Crippen LogP contribution in [0, 0.1) is 13.8 Å². The summed E-state index contributed by atoms with van der Waals surface area (Å²) in [5, 5.41) is 4.23. The van der Waals surface area contributed by atoms with Gasteiger partial charge >= 0.3 is 0 Å². The minimum atomic E-state index is -2.76. The van der Waals surface area contributed by atoms with Crippen molar-refractivity contribution >= 4 is 22.9 Å². The van der Waals surface area contributed by atoms with Crippen LogP contribution >= 0.6 is 0 Å². The molecule has 9 nitrogen and oxygen atoms in total. The fourth-order valence-corrected chi connectivity index (χ4v) is 4.23. The summed E-state index contributed by atoms with van der Waals surface area (Å²) in [5.74, 6) is -1.88. The van der Waals surface area contributed by atoms with Crippen LogP contribution in [0.25, 0.3) is 11.2 Å². The normalized spacial score (nSPS) is 21.3. The minimum absolute atomic E-state index is 0.112. The van der Waals surface area contributed by atoms with Gasteiger partial charge in [-0.25, -0.2) is 18.7 Å². The third-order valence-corrected chi connectivity index (χ3v) is 6.05. The van der Waals surface area contributed by atoms with E-state index in [1.54, 1.807) is 15.8 Å². The van der Waals surface area contributed by atoms with Gasteiger partial charge in [-0.1, -0.05) is 0 Å². The molecule has 2 aliphatic rings. The molecule has 11 heteroatoms. The average molecular weight is 444 g/mol. The highest BCUT2D eigenvalue weighted by Crippen LogP contribution is 2.33. The number of ether oxygens (including phenoxy) is 1. The number of alkyl halides is 2. The number of hydrogen-bond donors (Lipinski definition) is 0. The number of nitrogens with zero attached hydrogens (tertiary/aromatic N) is 8. The maximum atomic E-state index is 14.2. The Hall–Kier alpha value is -2.95. The highest BCUT2D eigenvalue weighted by Gasteiger charge is 2.37. The van der Waals surface area contributed by atoms with E-state index in [1.165, 1.54) is 0 Å². The van der Waals surface area contributed by atoms with Gasteiger partial charge < -0.3 is 14.5 Å². The summed E-state index contributed by atoms with van der Waals surface area (Å²) >= 11 is 0. The maximum Gasteiger partial charge on any atom is 0.265 e. The van der Waals surface area contributed by atoms with Gasteiger partial charge in [-0.2, -0.15) is 15.1 Å². The van der Waals surface area contributed by atoms with Gasteiger partial charge in [0.15, 0.2) is 17.0 Å². The van der Waals surface area contributed by atoms with Crippen molar-refractivity contribution in [2.24, 2.45) is 7.05 Å². The van der Waals surface area contributed by atoms with Crippen LogP contribution in [0.1, 0.15) is 35.9 Å². The molecule has 3 aromatic rings.